The summed E-state index contributed by atoms with van der Waals surface area (Å²) in [6.07, 6.45) is 3.24. The molecule has 1 aliphatic heterocycles. The van der Waals surface area contributed by atoms with Gasteiger partial charge in [-0.2, -0.15) is 0 Å². The van der Waals surface area contributed by atoms with E-state index in [4.69, 9.17) is 9.47 Å². The van der Waals surface area contributed by atoms with Gasteiger partial charge < -0.3 is 19.3 Å². The number of ether oxygens (including phenoxy) is 2. The Hall–Kier alpha value is -3.02. The largest absolute Gasteiger partial charge is 0.493 e. The van der Waals surface area contributed by atoms with E-state index >= 15 is 0 Å². The van der Waals surface area contributed by atoms with Gasteiger partial charge in [0.05, 0.1) is 18.7 Å². The number of fused-ring (bicyclic) bond motifs is 1. The molecule has 32 heavy (non-hydrogen) atoms. The first-order valence-electron chi connectivity index (χ1n) is 11.4. The minimum absolute atomic E-state index is 0.0208. The normalized spacial score (nSPS) is 22.5. The van der Waals surface area contributed by atoms with Crippen LogP contribution in [0.15, 0.2) is 48.5 Å². The zero-order valence-electron chi connectivity index (χ0n) is 19.2. The van der Waals surface area contributed by atoms with Crippen molar-refractivity contribution in [2.75, 3.05) is 20.2 Å². The molecule has 0 bridgehead atoms. The van der Waals surface area contributed by atoms with Crippen molar-refractivity contribution in [3.63, 3.8) is 0 Å². The predicted molar refractivity (Wildman–Crippen MR) is 123 cm³/mol. The summed E-state index contributed by atoms with van der Waals surface area (Å²) in [5, 5.41) is 0. The van der Waals surface area contributed by atoms with Crippen LogP contribution in [-0.2, 0) is 11.3 Å². The molecule has 1 saturated carbocycles. The second-order valence-corrected chi connectivity index (χ2v) is 8.84. The van der Waals surface area contributed by atoms with Gasteiger partial charge in [0.15, 0.2) is 0 Å². The van der Waals surface area contributed by atoms with Crippen molar-refractivity contribution in [3.8, 4) is 11.5 Å². The molecular weight excluding hydrogens is 404 g/mol. The van der Waals surface area contributed by atoms with E-state index in [0.29, 0.717) is 31.0 Å². The summed E-state index contributed by atoms with van der Waals surface area (Å²) in [5.41, 5.74) is 1.23. The number of nitrogens with zero attached hydrogens (tertiary/aromatic N) is 2. The molecule has 2 aromatic rings. The number of benzene rings is 2. The van der Waals surface area contributed by atoms with E-state index in [2.05, 4.69) is 0 Å². The number of amides is 2. The van der Waals surface area contributed by atoms with Gasteiger partial charge in [0.2, 0.25) is 5.91 Å². The lowest BCUT2D eigenvalue weighted by molar-refractivity contribution is -0.132. The van der Waals surface area contributed by atoms with E-state index < -0.39 is 5.60 Å². The van der Waals surface area contributed by atoms with Gasteiger partial charge in [-0.1, -0.05) is 30.3 Å². The van der Waals surface area contributed by atoms with Crippen molar-refractivity contribution >= 4 is 11.8 Å². The van der Waals surface area contributed by atoms with Gasteiger partial charge in [0, 0.05) is 32.1 Å². The summed E-state index contributed by atoms with van der Waals surface area (Å²) in [7, 11) is 1.87. The lowest BCUT2D eigenvalue weighted by atomic mass is 9.81. The van der Waals surface area contributed by atoms with Crippen molar-refractivity contribution in [1.29, 1.82) is 0 Å². The summed E-state index contributed by atoms with van der Waals surface area (Å²) in [5.74, 6) is 1.53. The lowest BCUT2D eigenvalue weighted by Crippen LogP contribution is -2.52. The topological polar surface area (TPSA) is 59.1 Å². The van der Waals surface area contributed by atoms with Gasteiger partial charge >= 0.3 is 0 Å². The first-order valence-corrected chi connectivity index (χ1v) is 11.4. The number of hydrogen-bond acceptors (Lipinski definition) is 4. The van der Waals surface area contributed by atoms with Crippen molar-refractivity contribution in [2.45, 2.75) is 57.7 Å². The van der Waals surface area contributed by atoms with Gasteiger partial charge in [-0.3, -0.25) is 9.59 Å². The Kier molecular flexibility index (Phi) is 6.40. The van der Waals surface area contributed by atoms with E-state index in [1.165, 1.54) is 0 Å². The van der Waals surface area contributed by atoms with E-state index in [0.717, 1.165) is 37.0 Å². The molecule has 0 N–H and O–H groups in total. The highest BCUT2D eigenvalue weighted by molar-refractivity contribution is 5.97. The second-order valence-electron chi connectivity index (χ2n) is 8.84. The molecule has 1 spiro atoms. The van der Waals surface area contributed by atoms with Crippen LogP contribution in [0.4, 0.5) is 0 Å². The Morgan fingerprint density at radius 1 is 1.12 bits per heavy atom. The molecule has 1 fully saturated rings. The van der Waals surface area contributed by atoms with Crippen LogP contribution >= 0.6 is 0 Å². The van der Waals surface area contributed by atoms with E-state index in [-0.39, 0.29) is 17.9 Å². The van der Waals surface area contributed by atoms with E-state index in [1.54, 1.807) is 6.92 Å². The average molecular weight is 437 g/mol. The minimum atomic E-state index is -0.415. The smallest absolute Gasteiger partial charge is 0.257 e. The maximum atomic E-state index is 13.2. The summed E-state index contributed by atoms with van der Waals surface area (Å²) in [6, 6.07) is 15.5. The maximum Gasteiger partial charge on any atom is 0.257 e. The van der Waals surface area contributed by atoms with Crippen LogP contribution in [0.5, 0.6) is 11.5 Å². The highest BCUT2D eigenvalue weighted by Gasteiger charge is 2.43. The maximum absolute atomic E-state index is 13.2. The standard InChI is InChI=1S/C26H32N2O4/c1-4-31-24-12-8-6-10-22(24)25(30)27(3)21-13-15-26(16-14-21)18-28(19(2)29)17-20-9-5-7-11-23(20)32-26/h5-12,21H,4,13-18H2,1-3H3. The summed E-state index contributed by atoms with van der Waals surface area (Å²) < 4.78 is 12.2. The third kappa shape index (κ3) is 4.45. The minimum Gasteiger partial charge on any atom is -0.493 e. The molecule has 0 atom stereocenters. The molecule has 2 aromatic carbocycles. The Morgan fingerprint density at radius 3 is 2.53 bits per heavy atom. The number of hydrogen-bond donors (Lipinski definition) is 0. The van der Waals surface area contributed by atoms with Crippen molar-refractivity contribution in [1.82, 2.24) is 9.80 Å². The van der Waals surface area contributed by atoms with Crippen LogP contribution < -0.4 is 9.47 Å². The Morgan fingerprint density at radius 2 is 1.81 bits per heavy atom. The zero-order chi connectivity index (χ0) is 22.7. The first kappa shape index (κ1) is 22.2. The molecule has 1 heterocycles. The summed E-state index contributed by atoms with van der Waals surface area (Å²) in [6.45, 7) is 5.21. The van der Waals surface area contributed by atoms with E-state index in [1.807, 2.05) is 72.3 Å². The number of carbonyl (C=O) groups is 2. The molecule has 4 rings (SSSR count). The van der Waals surface area contributed by atoms with Crippen molar-refractivity contribution in [2.24, 2.45) is 0 Å². The predicted octanol–water partition coefficient (Wildman–Crippen LogP) is 4.28. The molecule has 2 amide bonds. The van der Waals surface area contributed by atoms with Gasteiger partial charge in [-0.05, 0) is 50.8 Å². The monoisotopic (exact) mass is 436 g/mol. The second kappa shape index (κ2) is 9.23. The Balaban J connectivity index is 1.49. The Labute approximate surface area is 190 Å². The Bertz CT molecular complexity index is 981. The molecule has 0 aromatic heterocycles. The molecule has 170 valence electrons. The molecule has 2 aliphatic rings. The SMILES string of the molecule is CCOc1ccccc1C(=O)N(C)C1CCC2(CC1)CN(C(C)=O)Cc1ccccc1O2. The van der Waals surface area contributed by atoms with Gasteiger partial charge in [-0.25, -0.2) is 0 Å². The fourth-order valence-electron chi connectivity index (χ4n) is 4.89. The van der Waals surface area contributed by atoms with E-state index in [9.17, 15) is 9.59 Å². The fraction of sp³-hybridized carbons (Fsp3) is 0.462. The van der Waals surface area contributed by atoms with Gasteiger partial charge in [0.1, 0.15) is 17.1 Å². The molecule has 0 saturated heterocycles. The van der Waals surface area contributed by atoms with Crippen molar-refractivity contribution < 1.29 is 19.1 Å². The average Bonchev–Trinajstić information content (AvgIpc) is 2.96. The highest BCUT2D eigenvalue weighted by atomic mass is 16.5. The third-order valence-corrected chi connectivity index (χ3v) is 6.74. The lowest BCUT2D eigenvalue weighted by Gasteiger charge is -2.43. The van der Waals surface area contributed by atoms with Gasteiger partial charge in [0.25, 0.3) is 5.91 Å². The van der Waals surface area contributed by atoms with Crippen LogP contribution in [0.3, 0.4) is 0 Å². The van der Waals surface area contributed by atoms with Crippen LogP contribution in [-0.4, -0.2) is 53.5 Å². The molecule has 6 heteroatoms. The molecule has 6 nitrogen and oxygen atoms in total. The third-order valence-electron chi connectivity index (χ3n) is 6.74. The molecule has 1 aliphatic carbocycles. The quantitative estimate of drug-likeness (QED) is 0.718. The van der Waals surface area contributed by atoms with Crippen LogP contribution in [0.1, 0.15) is 55.5 Å². The first-order chi connectivity index (χ1) is 15.4. The summed E-state index contributed by atoms with van der Waals surface area (Å²) in [4.78, 5) is 29.3. The number of para-hydroxylation sites is 2. The summed E-state index contributed by atoms with van der Waals surface area (Å²) >= 11 is 0. The van der Waals surface area contributed by atoms with Crippen LogP contribution in [0.2, 0.25) is 0 Å². The molecule has 0 radical (unpaired) electrons. The molecule has 0 unspecified atom stereocenters. The fourth-order valence-corrected chi connectivity index (χ4v) is 4.89. The highest BCUT2D eigenvalue weighted by Crippen LogP contribution is 2.39. The van der Waals surface area contributed by atoms with Gasteiger partial charge in [-0.15, -0.1) is 0 Å². The zero-order valence-corrected chi connectivity index (χ0v) is 19.2. The van der Waals surface area contributed by atoms with Crippen molar-refractivity contribution in [3.05, 3.63) is 59.7 Å². The van der Waals surface area contributed by atoms with Crippen LogP contribution in [0.25, 0.3) is 0 Å². The van der Waals surface area contributed by atoms with Crippen LogP contribution in [0, 0.1) is 0 Å². The number of rotatable bonds is 4. The molecular formula is C26H32N2O4. The number of carbonyl (C=O) groups excluding carboxylic acids is 2.